The van der Waals surface area contributed by atoms with Crippen LogP contribution in [0.2, 0.25) is 0 Å². The van der Waals surface area contributed by atoms with Gasteiger partial charge in [0.15, 0.2) is 12.0 Å². The summed E-state index contributed by atoms with van der Waals surface area (Å²) in [5.41, 5.74) is 3.59. The number of carbonyl (C=O) groups excluding carboxylic acids is 1. The molecule has 0 aliphatic rings. The smallest absolute Gasteiger partial charge is 0.251 e. The average molecular weight is 291 g/mol. The lowest BCUT2D eigenvalue weighted by Crippen LogP contribution is -2.25. The van der Waals surface area contributed by atoms with E-state index in [0.29, 0.717) is 24.1 Å². The van der Waals surface area contributed by atoms with Crippen LogP contribution in [0.15, 0.2) is 53.3 Å². The van der Waals surface area contributed by atoms with E-state index in [0.717, 1.165) is 16.7 Å². The van der Waals surface area contributed by atoms with Crippen molar-refractivity contribution in [2.45, 2.75) is 6.42 Å². The third-order valence-corrected chi connectivity index (χ3v) is 3.35. The zero-order valence-electron chi connectivity index (χ0n) is 11.7. The van der Waals surface area contributed by atoms with Crippen molar-refractivity contribution in [2.24, 2.45) is 0 Å². The maximum absolute atomic E-state index is 12.0. The van der Waals surface area contributed by atoms with Crippen LogP contribution < -0.4 is 5.32 Å². The van der Waals surface area contributed by atoms with Gasteiger partial charge in [-0.15, -0.1) is 0 Å². The number of aromatic nitrogens is 1. The van der Waals surface area contributed by atoms with Crippen LogP contribution in [0, 0.1) is 11.3 Å². The van der Waals surface area contributed by atoms with Crippen molar-refractivity contribution in [3.63, 3.8) is 0 Å². The van der Waals surface area contributed by atoms with Gasteiger partial charge in [-0.25, -0.2) is 4.98 Å². The Balaban J connectivity index is 1.60. The minimum atomic E-state index is -0.183. The van der Waals surface area contributed by atoms with Crippen LogP contribution in [-0.2, 0) is 6.42 Å². The quantitative estimate of drug-likeness (QED) is 0.801. The highest BCUT2D eigenvalue weighted by molar-refractivity contribution is 5.94. The highest BCUT2D eigenvalue weighted by Gasteiger charge is 2.06. The maximum Gasteiger partial charge on any atom is 0.251 e. The molecule has 0 aliphatic heterocycles. The van der Waals surface area contributed by atoms with Gasteiger partial charge in [0.2, 0.25) is 0 Å². The highest BCUT2D eigenvalue weighted by atomic mass is 16.3. The summed E-state index contributed by atoms with van der Waals surface area (Å²) in [6.07, 6.45) is 2.11. The summed E-state index contributed by atoms with van der Waals surface area (Å²) in [6.45, 7) is 0.509. The molecule has 2 aromatic carbocycles. The Morgan fingerprint density at radius 1 is 1.27 bits per heavy atom. The van der Waals surface area contributed by atoms with E-state index in [1.807, 2.05) is 24.3 Å². The number of hydrogen-bond donors (Lipinski definition) is 1. The standard InChI is InChI=1S/C17H13N3O2/c18-10-13-2-1-3-14(8-13)17(21)19-7-6-12-4-5-15-16(9-12)22-11-20-15/h1-5,8-9,11H,6-7H2,(H,19,21). The summed E-state index contributed by atoms with van der Waals surface area (Å²) in [7, 11) is 0. The van der Waals surface area contributed by atoms with Crippen LogP contribution in [-0.4, -0.2) is 17.4 Å². The Hall–Kier alpha value is -3.13. The Kier molecular flexibility index (Phi) is 3.84. The lowest BCUT2D eigenvalue weighted by Gasteiger charge is -2.05. The molecule has 0 saturated carbocycles. The molecule has 0 radical (unpaired) electrons. The van der Waals surface area contributed by atoms with E-state index in [-0.39, 0.29) is 5.91 Å². The second-order valence-corrected chi connectivity index (χ2v) is 4.85. The van der Waals surface area contributed by atoms with Gasteiger partial charge in [-0.1, -0.05) is 12.1 Å². The minimum Gasteiger partial charge on any atom is -0.443 e. The number of oxazole rings is 1. The first kappa shape index (κ1) is 13.8. The normalized spacial score (nSPS) is 10.3. The lowest BCUT2D eigenvalue weighted by molar-refractivity contribution is 0.0954. The zero-order valence-corrected chi connectivity index (χ0v) is 11.7. The Morgan fingerprint density at radius 2 is 2.18 bits per heavy atom. The van der Waals surface area contributed by atoms with E-state index in [1.54, 1.807) is 24.3 Å². The summed E-state index contributed by atoms with van der Waals surface area (Å²) in [5.74, 6) is -0.183. The number of nitriles is 1. The first-order valence-corrected chi connectivity index (χ1v) is 6.87. The van der Waals surface area contributed by atoms with Crippen LogP contribution in [0.4, 0.5) is 0 Å². The van der Waals surface area contributed by atoms with E-state index in [2.05, 4.69) is 10.3 Å². The van der Waals surface area contributed by atoms with Gasteiger partial charge in [0.05, 0.1) is 11.6 Å². The molecule has 0 unspecified atom stereocenters. The number of carbonyl (C=O) groups is 1. The molecular weight excluding hydrogens is 278 g/mol. The number of amides is 1. The van der Waals surface area contributed by atoms with Crippen molar-refractivity contribution in [1.82, 2.24) is 10.3 Å². The van der Waals surface area contributed by atoms with Crippen molar-refractivity contribution in [3.05, 3.63) is 65.5 Å². The van der Waals surface area contributed by atoms with Gasteiger partial charge in [-0.2, -0.15) is 5.26 Å². The number of hydrogen-bond acceptors (Lipinski definition) is 4. The summed E-state index contributed by atoms with van der Waals surface area (Å²) >= 11 is 0. The fraction of sp³-hybridized carbons (Fsp3) is 0.118. The number of benzene rings is 2. The summed E-state index contributed by atoms with van der Waals surface area (Å²) < 4.78 is 5.25. The molecule has 1 amide bonds. The van der Waals surface area contributed by atoms with E-state index in [9.17, 15) is 4.79 Å². The number of fused-ring (bicyclic) bond motifs is 1. The Labute approximate surface area is 127 Å². The summed E-state index contributed by atoms with van der Waals surface area (Å²) in [5, 5.41) is 11.7. The van der Waals surface area contributed by atoms with E-state index in [1.165, 1.54) is 6.39 Å². The van der Waals surface area contributed by atoms with E-state index in [4.69, 9.17) is 9.68 Å². The van der Waals surface area contributed by atoms with Crippen LogP contribution >= 0.6 is 0 Å². The fourth-order valence-electron chi connectivity index (χ4n) is 2.21. The average Bonchev–Trinajstić information content (AvgIpc) is 3.02. The molecule has 3 rings (SSSR count). The van der Waals surface area contributed by atoms with Crippen LogP contribution in [0.5, 0.6) is 0 Å². The van der Waals surface area contributed by atoms with Crippen molar-refractivity contribution in [3.8, 4) is 6.07 Å². The molecule has 1 aromatic heterocycles. The van der Waals surface area contributed by atoms with Crippen molar-refractivity contribution < 1.29 is 9.21 Å². The molecule has 0 atom stereocenters. The Morgan fingerprint density at radius 3 is 3.05 bits per heavy atom. The first-order chi connectivity index (χ1) is 10.8. The minimum absolute atomic E-state index is 0.183. The third kappa shape index (κ3) is 2.96. The first-order valence-electron chi connectivity index (χ1n) is 6.87. The predicted molar refractivity (Wildman–Crippen MR) is 81.2 cm³/mol. The molecule has 3 aromatic rings. The molecule has 1 N–H and O–H groups in total. The zero-order chi connectivity index (χ0) is 15.4. The van der Waals surface area contributed by atoms with Crippen LogP contribution in [0.3, 0.4) is 0 Å². The largest absolute Gasteiger partial charge is 0.443 e. The number of nitrogens with one attached hydrogen (secondary N) is 1. The molecule has 108 valence electrons. The molecule has 0 bridgehead atoms. The fourth-order valence-corrected chi connectivity index (χ4v) is 2.21. The molecule has 0 fully saturated rings. The maximum atomic E-state index is 12.0. The van der Waals surface area contributed by atoms with Crippen LogP contribution in [0.25, 0.3) is 11.1 Å². The molecular formula is C17H13N3O2. The monoisotopic (exact) mass is 291 g/mol. The van der Waals surface area contributed by atoms with Gasteiger partial charge in [0.25, 0.3) is 5.91 Å². The van der Waals surface area contributed by atoms with Gasteiger partial charge < -0.3 is 9.73 Å². The van der Waals surface area contributed by atoms with Gasteiger partial charge in [0.1, 0.15) is 5.52 Å². The molecule has 0 aliphatic carbocycles. The molecule has 0 saturated heterocycles. The van der Waals surface area contributed by atoms with Gasteiger partial charge >= 0.3 is 0 Å². The van der Waals surface area contributed by atoms with Gasteiger partial charge in [0, 0.05) is 12.1 Å². The predicted octanol–water partition coefficient (Wildman–Crippen LogP) is 2.67. The van der Waals surface area contributed by atoms with Crippen molar-refractivity contribution >= 4 is 17.0 Å². The second kappa shape index (κ2) is 6.10. The third-order valence-electron chi connectivity index (χ3n) is 3.35. The molecule has 22 heavy (non-hydrogen) atoms. The number of nitrogens with zero attached hydrogens (tertiary/aromatic N) is 2. The molecule has 0 spiro atoms. The topological polar surface area (TPSA) is 78.9 Å². The molecule has 5 nitrogen and oxygen atoms in total. The van der Waals surface area contributed by atoms with E-state index < -0.39 is 0 Å². The van der Waals surface area contributed by atoms with Crippen molar-refractivity contribution in [2.75, 3.05) is 6.54 Å². The summed E-state index contributed by atoms with van der Waals surface area (Å²) in [6, 6.07) is 14.4. The number of rotatable bonds is 4. The van der Waals surface area contributed by atoms with Crippen molar-refractivity contribution in [1.29, 1.82) is 5.26 Å². The lowest BCUT2D eigenvalue weighted by atomic mass is 10.1. The summed E-state index contributed by atoms with van der Waals surface area (Å²) in [4.78, 5) is 16.1. The molecule has 5 heteroatoms. The molecule has 1 heterocycles. The van der Waals surface area contributed by atoms with Crippen LogP contribution in [0.1, 0.15) is 21.5 Å². The second-order valence-electron chi connectivity index (χ2n) is 4.85. The van der Waals surface area contributed by atoms with Gasteiger partial charge in [-0.05, 0) is 42.3 Å². The van der Waals surface area contributed by atoms with E-state index >= 15 is 0 Å². The highest BCUT2D eigenvalue weighted by Crippen LogP contribution is 2.14. The SMILES string of the molecule is N#Cc1cccc(C(=O)NCCc2ccc3ncoc3c2)c1. The van der Waals surface area contributed by atoms with Gasteiger partial charge in [-0.3, -0.25) is 4.79 Å². The Bertz CT molecular complexity index is 861.